The number of rotatable bonds is 4. The zero-order valence-corrected chi connectivity index (χ0v) is 14.6. The lowest BCUT2D eigenvalue weighted by molar-refractivity contribution is -0.120. The molecule has 5 nitrogen and oxygen atoms in total. The molecule has 4 rings (SSSR count). The molecule has 2 aromatic carbocycles. The van der Waals surface area contributed by atoms with E-state index in [1.165, 1.54) is 4.90 Å². The molecule has 0 atom stereocenters. The van der Waals surface area contributed by atoms with Gasteiger partial charge in [0.2, 0.25) is 0 Å². The number of amides is 2. The summed E-state index contributed by atoms with van der Waals surface area (Å²) in [5, 5.41) is 0. The SMILES string of the molecule is COc1ccc(N2C(=O)C(c3ccccc3)=C(N3CCCC3)C2=O)cc1. The summed E-state index contributed by atoms with van der Waals surface area (Å²) in [5.41, 5.74) is 2.36. The van der Waals surface area contributed by atoms with Crippen LogP contribution in [0.1, 0.15) is 18.4 Å². The molecule has 132 valence electrons. The van der Waals surface area contributed by atoms with E-state index >= 15 is 0 Å². The maximum atomic E-state index is 13.2. The maximum Gasteiger partial charge on any atom is 0.282 e. The van der Waals surface area contributed by atoms with Crippen LogP contribution in [0.25, 0.3) is 5.57 Å². The van der Waals surface area contributed by atoms with Crippen LogP contribution in [0.5, 0.6) is 5.75 Å². The molecule has 26 heavy (non-hydrogen) atoms. The highest BCUT2D eigenvalue weighted by atomic mass is 16.5. The fraction of sp³-hybridized carbons (Fsp3) is 0.238. The minimum absolute atomic E-state index is 0.249. The fourth-order valence-electron chi connectivity index (χ4n) is 3.58. The van der Waals surface area contributed by atoms with E-state index in [4.69, 9.17) is 4.74 Å². The fourth-order valence-corrected chi connectivity index (χ4v) is 3.58. The molecule has 0 radical (unpaired) electrons. The number of likely N-dealkylation sites (tertiary alicyclic amines) is 1. The van der Waals surface area contributed by atoms with Crippen LogP contribution in [0.4, 0.5) is 5.69 Å². The molecule has 0 N–H and O–H groups in total. The van der Waals surface area contributed by atoms with Gasteiger partial charge in [0.25, 0.3) is 11.8 Å². The van der Waals surface area contributed by atoms with Crippen molar-refractivity contribution < 1.29 is 14.3 Å². The Morgan fingerprint density at radius 1 is 0.846 bits per heavy atom. The highest BCUT2D eigenvalue weighted by Gasteiger charge is 2.42. The van der Waals surface area contributed by atoms with Crippen LogP contribution in [0, 0.1) is 0 Å². The Labute approximate surface area is 152 Å². The second kappa shape index (κ2) is 6.67. The summed E-state index contributed by atoms with van der Waals surface area (Å²) in [7, 11) is 1.59. The van der Waals surface area contributed by atoms with Crippen LogP contribution in [0.2, 0.25) is 0 Å². The predicted octanol–water partition coefficient (Wildman–Crippen LogP) is 3.08. The van der Waals surface area contributed by atoms with Gasteiger partial charge in [-0.05, 0) is 42.7 Å². The summed E-state index contributed by atoms with van der Waals surface area (Å²) in [6.45, 7) is 1.61. The number of nitrogens with zero attached hydrogens (tertiary/aromatic N) is 2. The Morgan fingerprint density at radius 3 is 2.12 bits per heavy atom. The maximum absolute atomic E-state index is 13.2. The number of anilines is 1. The third kappa shape index (κ3) is 2.65. The topological polar surface area (TPSA) is 49.9 Å². The average Bonchev–Trinajstić information content (AvgIpc) is 3.29. The van der Waals surface area contributed by atoms with E-state index in [9.17, 15) is 9.59 Å². The molecular weight excluding hydrogens is 328 g/mol. The van der Waals surface area contributed by atoms with E-state index in [1.54, 1.807) is 31.4 Å². The van der Waals surface area contributed by atoms with E-state index in [-0.39, 0.29) is 11.8 Å². The largest absolute Gasteiger partial charge is 0.497 e. The first-order valence-electron chi connectivity index (χ1n) is 8.78. The number of carbonyl (C=O) groups excluding carboxylic acids is 2. The van der Waals surface area contributed by atoms with Gasteiger partial charge >= 0.3 is 0 Å². The van der Waals surface area contributed by atoms with E-state index in [0.29, 0.717) is 22.7 Å². The zero-order chi connectivity index (χ0) is 18.1. The van der Waals surface area contributed by atoms with Gasteiger partial charge in [0.05, 0.1) is 18.4 Å². The van der Waals surface area contributed by atoms with Crippen LogP contribution in [0.3, 0.4) is 0 Å². The standard InChI is InChI=1S/C21H20N2O3/c1-26-17-11-9-16(10-12-17)23-20(24)18(15-7-3-2-4-8-15)19(21(23)25)22-13-5-6-14-22/h2-4,7-12H,5-6,13-14H2,1H3. The van der Waals surface area contributed by atoms with Crippen LogP contribution < -0.4 is 9.64 Å². The first-order chi connectivity index (χ1) is 12.7. The Morgan fingerprint density at radius 2 is 1.50 bits per heavy atom. The molecule has 1 saturated heterocycles. The minimum atomic E-state index is -0.270. The van der Waals surface area contributed by atoms with Gasteiger partial charge in [0, 0.05) is 13.1 Å². The van der Waals surface area contributed by atoms with Gasteiger partial charge in [0.1, 0.15) is 11.4 Å². The molecule has 2 aliphatic heterocycles. The Bertz CT molecular complexity index is 866. The van der Waals surface area contributed by atoms with Crippen molar-refractivity contribution in [1.29, 1.82) is 0 Å². The summed E-state index contributed by atoms with van der Waals surface area (Å²) in [6.07, 6.45) is 2.07. The number of hydrogen-bond acceptors (Lipinski definition) is 4. The van der Waals surface area contributed by atoms with Crippen molar-refractivity contribution in [1.82, 2.24) is 4.90 Å². The predicted molar refractivity (Wildman–Crippen MR) is 99.7 cm³/mol. The normalized spacial score (nSPS) is 17.4. The Balaban J connectivity index is 1.79. The molecule has 0 bridgehead atoms. The van der Waals surface area contributed by atoms with E-state index in [1.807, 2.05) is 35.2 Å². The third-order valence-electron chi connectivity index (χ3n) is 4.87. The van der Waals surface area contributed by atoms with Gasteiger partial charge in [-0.1, -0.05) is 30.3 Å². The van der Waals surface area contributed by atoms with Crippen LogP contribution in [-0.4, -0.2) is 36.9 Å². The molecule has 2 heterocycles. The van der Waals surface area contributed by atoms with Crippen LogP contribution in [-0.2, 0) is 9.59 Å². The lowest BCUT2D eigenvalue weighted by Gasteiger charge is -2.20. The van der Waals surface area contributed by atoms with Crippen molar-refractivity contribution in [2.75, 3.05) is 25.1 Å². The number of benzene rings is 2. The summed E-state index contributed by atoms with van der Waals surface area (Å²) < 4.78 is 5.17. The number of imide groups is 1. The van der Waals surface area contributed by atoms with Crippen molar-refractivity contribution in [3.63, 3.8) is 0 Å². The molecule has 0 aliphatic carbocycles. The Kier molecular flexibility index (Phi) is 4.21. The van der Waals surface area contributed by atoms with Crippen molar-refractivity contribution in [2.45, 2.75) is 12.8 Å². The molecule has 2 aliphatic rings. The smallest absolute Gasteiger partial charge is 0.282 e. The zero-order valence-electron chi connectivity index (χ0n) is 14.6. The van der Waals surface area contributed by atoms with Crippen molar-refractivity contribution >= 4 is 23.1 Å². The average molecular weight is 348 g/mol. The summed E-state index contributed by atoms with van der Waals surface area (Å²) >= 11 is 0. The summed E-state index contributed by atoms with van der Waals surface area (Å²) in [5.74, 6) is 0.165. The number of ether oxygens (including phenoxy) is 1. The quantitative estimate of drug-likeness (QED) is 0.797. The summed E-state index contributed by atoms with van der Waals surface area (Å²) in [6, 6.07) is 16.4. The van der Waals surface area contributed by atoms with Gasteiger partial charge in [-0.15, -0.1) is 0 Å². The van der Waals surface area contributed by atoms with Gasteiger partial charge in [-0.2, -0.15) is 0 Å². The molecular formula is C21H20N2O3. The first kappa shape index (κ1) is 16.4. The monoisotopic (exact) mass is 348 g/mol. The number of carbonyl (C=O) groups is 2. The molecule has 2 amide bonds. The molecule has 0 unspecified atom stereocenters. The first-order valence-corrected chi connectivity index (χ1v) is 8.78. The highest BCUT2D eigenvalue weighted by molar-refractivity contribution is 6.45. The van der Waals surface area contributed by atoms with E-state index in [2.05, 4.69) is 0 Å². The third-order valence-corrected chi connectivity index (χ3v) is 4.87. The minimum Gasteiger partial charge on any atom is -0.497 e. The molecule has 0 aromatic heterocycles. The van der Waals surface area contributed by atoms with Crippen molar-refractivity contribution in [3.8, 4) is 5.75 Å². The highest BCUT2D eigenvalue weighted by Crippen LogP contribution is 2.36. The van der Waals surface area contributed by atoms with Crippen LogP contribution >= 0.6 is 0 Å². The van der Waals surface area contributed by atoms with Gasteiger partial charge in [-0.3, -0.25) is 9.59 Å². The Hall–Kier alpha value is -3.08. The molecule has 5 heteroatoms. The molecule has 0 saturated carbocycles. The molecule has 2 aromatic rings. The molecule has 1 fully saturated rings. The van der Waals surface area contributed by atoms with Gasteiger partial charge in [0.15, 0.2) is 0 Å². The van der Waals surface area contributed by atoms with Crippen molar-refractivity contribution in [2.24, 2.45) is 0 Å². The lowest BCUT2D eigenvalue weighted by atomic mass is 10.0. The van der Waals surface area contributed by atoms with Crippen molar-refractivity contribution in [3.05, 3.63) is 65.9 Å². The van der Waals surface area contributed by atoms with Gasteiger partial charge in [-0.25, -0.2) is 4.90 Å². The van der Waals surface area contributed by atoms with Gasteiger partial charge < -0.3 is 9.64 Å². The van der Waals surface area contributed by atoms with E-state index < -0.39 is 0 Å². The summed E-state index contributed by atoms with van der Waals surface area (Å²) in [4.78, 5) is 29.8. The number of methoxy groups -OCH3 is 1. The second-order valence-corrected chi connectivity index (χ2v) is 6.43. The number of hydrogen-bond donors (Lipinski definition) is 0. The van der Waals surface area contributed by atoms with Crippen LogP contribution in [0.15, 0.2) is 60.3 Å². The second-order valence-electron chi connectivity index (χ2n) is 6.43. The molecule has 0 spiro atoms. The lowest BCUT2D eigenvalue weighted by Crippen LogP contribution is -2.34. The van der Waals surface area contributed by atoms with E-state index in [0.717, 1.165) is 31.5 Å².